The first-order chi connectivity index (χ1) is 9.20. The van der Waals surface area contributed by atoms with Gasteiger partial charge in [0.15, 0.2) is 0 Å². The third-order valence-electron chi connectivity index (χ3n) is 2.61. The minimum absolute atomic E-state index is 0.251. The Morgan fingerprint density at radius 2 is 1.84 bits per heavy atom. The molecule has 0 aliphatic rings. The Morgan fingerprint density at radius 3 is 2.47 bits per heavy atom. The van der Waals surface area contributed by atoms with Crippen LogP contribution >= 0.6 is 11.6 Å². The van der Waals surface area contributed by atoms with Crippen molar-refractivity contribution in [1.29, 1.82) is 5.26 Å². The molecule has 2 aromatic carbocycles. The Kier molecular flexibility index (Phi) is 4.17. The van der Waals surface area contributed by atoms with Crippen LogP contribution in [-0.2, 0) is 6.42 Å². The van der Waals surface area contributed by atoms with Crippen molar-refractivity contribution in [3.8, 4) is 6.07 Å². The molecule has 0 spiro atoms. The fourth-order valence-corrected chi connectivity index (χ4v) is 1.86. The number of nitrogens with zero attached hydrogens (tertiary/aromatic N) is 1. The zero-order valence-corrected chi connectivity index (χ0v) is 10.8. The van der Waals surface area contributed by atoms with Gasteiger partial charge in [-0.3, -0.25) is 4.79 Å². The molecule has 0 heterocycles. The fraction of sp³-hybridized carbons (Fsp3) is 0.0667. The highest BCUT2D eigenvalue weighted by molar-refractivity contribution is 6.34. The fourth-order valence-electron chi connectivity index (χ4n) is 1.64. The summed E-state index contributed by atoms with van der Waals surface area (Å²) in [5.74, 6) is -0.251. The number of nitriles is 1. The second-order valence-electron chi connectivity index (χ2n) is 3.97. The number of nitrogens with one attached hydrogen (secondary N) is 1. The van der Waals surface area contributed by atoms with Gasteiger partial charge in [0.25, 0.3) is 5.91 Å². The van der Waals surface area contributed by atoms with Crippen molar-refractivity contribution < 1.29 is 4.79 Å². The standard InChI is InChI=1S/C15H11ClN2O/c16-14-4-2-1-3-13(14)15(19)18-12-7-5-11(6-8-12)9-10-17/h1-8H,9H2,(H,18,19). The van der Waals surface area contributed by atoms with E-state index in [4.69, 9.17) is 16.9 Å². The van der Waals surface area contributed by atoms with Gasteiger partial charge in [-0.25, -0.2) is 0 Å². The summed E-state index contributed by atoms with van der Waals surface area (Å²) in [6.45, 7) is 0. The van der Waals surface area contributed by atoms with Crippen molar-refractivity contribution in [3.05, 3.63) is 64.7 Å². The molecule has 0 bridgehead atoms. The van der Waals surface area contributed by atoms with E-state index in [9.17, 15) is 4.79 Å². The summed E-state index contributed by atoms with van der Waals surface area (Å²) in [6.07, 6.45) is 0.360. The molecule has 2 rings (SSSR count). The molecule has 94 valence electrons. The minimum atomic E-state index is -0.251. The SMILES string of the molecule is N#CCc1ccc(NC(=O)c2ccccc2Cl)cc1. The van der Waals surface area contributed by atoms with E-state index in [1.165, 1.54) is 0 Å². The van der Waals surface area contributed by atoms with Crippen molar-refractivity contribution in [1.82, 2.24) is 0 Å². The smallest absolute Gasteiger partial charge is 0.257 e. The van der Waals surface area contributed by atoms with Gasteiger partial charge in [-0.15, -0.1) is 0 Å². The number of amides is 1. The third-order valence-corrected chi connectivity index (χ3v) is 2.94. The Morgan fingerprint density at radius 1 is 1.16 bits per heavy atom. The molecule has 0 saturated heterocycles. The number of carbonyl (C=O) groups is 1. The molecule has 3 nitrogen and oxygen atoms in total. The second-order valence-corrected chi connectivity index (χ2v) is 4.37. The second kappa shape index (κ2) is 6.03. The first-order valence-corrected chi connectivity index (χ1v) is 6.10. The number of halogens is 1. The maximum Gasteiger partial charge on any atom is 0.257 e. The molecule has 1 amide bonds. The van der Waals surface area contributed by atoms with Crippen LogP contribution in [0.5, 0.6) is 0 Å². The lowest BCUT2D eigenvalue weighted by Crippen LogP contribution is -2.12. The number of anilines is 1. The third kappa shape index (κ3) is 3.34. The normalized spacial score (nSPS) is 9.68. The van der Waals surface area contributed by atoms with Crippen molar-refractivity contribution in [3.63, 3.8) is 0 Å². The number of hydrogen-bond acceptors (Lipinski definition) is 2. The Balaban J connectivity index is 2.11. The van der Waals surface area contributed by atoms with Gasteiger partial charge in [0, 0.05) is 5.69 Å². The zero-order chi connectivity index (χ0) is 13.7. The molecule has 4 heteroatoms. The first kappa shape index (κ1) is 13.1. The summed E-state index contributed by atoms with van der Waals surface area (Å²) in [7, 11) is 0. The molecule has 1 N–H and O–H groups in total. The van der Waals surface area contributed by atoms with Crippen LogP contribution in [-0.4, -0.2) is 5.91 Å². The highest BCUT2D eigenvalue weighted by atomic mass is 35.5. The largest absolute Gasteiger partial charge is 0.322 e. The van der Waals surface area contributed by atoms with E-state index in [-0.39, 0.29) is 5.91 Å². The van der Waals surface area contributed by atoms with Crippen molar-refractivity contribution in [2.45, 2.75) is 6.42 Å². The van der Waals surface area contributed by atoms with E-state index in [2.05, 4.69) is 11.4 Å². The van der Waals surface area contributed by atoms with E-state index >= 15 is 0 Å². The van der Waals surface area contributed by atoms with Gasteiger partial charge in [0.1, 0.15) is 0 Å². The quantitative estimate of drug-likeness (QED) is 0.925. The van der Waals surface area contributed by atoms with E-state index in [1.807, 2.05) is 12.1 Å². The van der Waals surface area contributed by atoms with Crippen LogP contribution in [0.15, 0.2) is 48.5 Å². The predicted octanol–water partition coefficient (Wildman–Crippen LogP) is 3.66. The summed E-state index contributed by atoms with van der Waals surface area (Å²) >= 11 is 5.95. The average Bonchev–Trinajstić information content (AvgIpc) is 2.42. The molecule has 0 fully saturated rings. The van der Waals surface area contributed by atoms with Gasteiger partial charge in [0.05, 0.1) is 23.1 Å². The lowest BCUT2D eigenvalue weighted by molar-refractivity contribution is 0.102. The molecular weight excluding hydrogens is 260 g/mol. The van der Waals surface area contributed by atoms with Crippen LogP contribution in [0.1, 0.15) is 15.9 Å². The maximum atomic E-state index is 12.0. The van der Waals surface area contributed by atoms with E-state index in [1.54, 1.807) is 36.4 Å². The highest BCUT2D eigenvalue weighted by Crippen LogP contribution is 2.17. The summed E-state index contributed by atoms with van der Waals surface area (Å²) in [5.41, 5.74) is 2.02. The first-order valence-electron chi connectivity index (χ1n) is 5.72. The van der Waals surface area contributed by atoms with Crippen LogP contribution in [0.3, 0.4) is 0 Å². The topological polar surface area (TPSA) is 52.9 Å². The van der Waals surface area contributed by atoms with Gasteiger partial charge in [-0.2, -0.15) is 5.26 Å². The Labute approximate surface area is 116 Å². The minimum Gasteiger partial charge on any atom is -0.322 e. The molecular formula is C15H11ClN2O. The van der Waals surface area contributed by atoms with Crippen LogP contribution < -0.4 is 5.32 Å². The highest BCUT2D eigenvalue weighted by Gasteiger charge is 2.09. The van der Waals surface area contributed by atoms with Crippen LogP contribution in [0.25, 0.3) is 0 Å². The number of hydrogen-bond donors (Lipinski definition) is 1. The van der Waals surface area contributed by atoms with Gasteiger partial charge in [-0.1, -0.05) is 35.9 Å². The lowest BCUT2D eigenvalue weighted by atomic mass is 10.1. The molecule has 0 aliphatic carbocycles. The van der Waals surface area contributed by atoms with Crippen LogP contribution in [0.4, 0.5) is 5.69 Å². The summed E-state index contributed by atoms with van der Waals surface area (Å²) < 4.78 is 0. The number of rotatable bonds is 3. The summed E-state index contributed by atoms with van der Waals surface area (Å²) in [6, 6.07) is 16.1. The molecule has 0 unspecified atom stereocenters. The van der Waals surface area contributed by atoms with Gasteiger partial charge < -0.3 is 5.32 Å². The van der Waals surface area contributed by atoms with Gasteiger partial charge in [0.2, 0.25) is 0 Å². The van der Waals surface area contributed by atoms with E-state index in [0.717, 1.165) is 5.56 Å². The van der Waals surface area contributed by atoms with E-state index in [0.29, 0.717) is 22.7 Å². The predicted molar refractivity (Wildman–Crippen MR) is 75.2 cm³/mol. The molecule has 0 aromatic heterocycles. The lowest BCUT2D eigenvalue weighted by Gasteiger charge is -2.07. The van der Waals surface area contributed by atoms with Crippen molar-refractivity contribution >= 4 is 23.2 Å². The zero-order valence-electron chi connectivity index (χ0n) is 10.1. The Hall–Kier alpha value is -2.31. The molecule has 19 heavy (non-hydrogen) atoms. The van der Waals surface area contributed by atoms with Crippen LogP contribution in [0, 0.1) is 11.3 Å². The van der Waals surface area contributed by atoms with Crippen molar-refractivity contribution in [2.75, 3.05) is 5.32 Å². The van der Waals surface area contributed by atoms with E-state index < -0.39 is 0 Å². The maximum absolute atomic E-state index is 12.0. The number of benzene rings is 2. The molecule has 0 atom stereocenters. The van der Waals surface area contributed by atoms with Crippen molar-refractivity contribution in [2.24, 2.45) is 0 Å². The molecule has 0 aliphatic heterocycles. The summed E-state index contributed by atoms with van der Waals surface area (Å²) in [4.78, 5) is 12.0. The molecule has 0 saturated carbocycles. The monoisotopic (exact) mass is 270 g/mol. The van der Waals surface area contributed by atoms with Gasteiger partial charge >= 0.3 is 0 Å². The Bertz CT molecular complexity index is 629. The molecule has 2 aromatic rings. The molecule has 0 radical (unpaired) electrons. The average molecular weight is 271 g/mol. The van der Waals surface area contributed by atoms with Gasteiger partial charge in [-0.05, 0) is 29.8 Å². The summed E-state index contributed by atoms with van der Waals surface area (Å²) in [5, 5.41) is 11.8. The van der Waals surface area contributed by atoms with Crippen LogP contribution in [0.2, 0.25) is 5.02 Å². The number of carbonyl (C=O) groups excluding carboxylic acids is 1.